The van der Waals surface area contributed by atoms with Crippen LogP contribution in [0.4, 0.5) is 5.69 Å². The molecule has 0 aromatic heterocycles. The molecule has 0 unspecified atom stereocenters. The number of nitrogens with one attached hydrogen (secondary N) is 2. The fraction of sp³-hybridized carbons (Fsp3) is 0.208. The highest BCUT2D eigenvalue weighted by Crippen LogP contribution is 2.20. The van der Waals surface area contributed by atoms with Crippen LogP contribution in [-0.2, 0) is 16.4 Å². The minimum absolute atomic E-state index is 0.154. The van der Waals surface area contributed by atoms with E-state index in [-0.39, 0.29) is 16.5 Å². The van der Waals surface area contributed by atoms with Gasteiger partial charge in [0, 0.05) is 6.54 Å². The summed E-state index contributed by atoms with van der Waals surface area (Å²) in [6.07, 6.45) is 1.66. The highest BCUT2D eigenvalue weighted by atomic mass is 32.2. The summed E-state index contributed by atoms with van der Waals surface area (Å²) in [5.41, 5.74) is 3.97. The van der Waals surface area contributed by atoms with Gasteiger partial charge in [-0.2, -0.15) is 0 Å². The van der Waals surface area contributed by atoms with Crippen molar-refractivity contribution < 1.29 is 13.2 Å². The van der Waals surface area contributed by atoms with Gasteiger partial charge in [0.05, 0.1) is 16.1 Å². The normalized spacial score (nSPS) is 11.1. The third kappa shape index (κ3) is 5.70. The van der Waals surface area contributed by atoms with Gasteiger partial charge in [-0.3, -0.25) is 9.52 Å². The Bertz CT molecular complexity index is 1120. The largest absolute Gasteiger partial charge is 0.352 e. The second-order valence-corrected chi connectivity index (χ2v) is 9.00. The Balaban J connectivity index is 1.64. The molecule has 0 bridgehead atoms. The number of para-hydroxylation sites is 1. The first-order chi connectivity index (χ1) is 14.3. The van der Waals surface area contributed by atoms with E-state index in [2.05, 4.69) is 35.2 Å². The minimum atomic E-state index is -3.78. The summed E-state index contributed by atoms with van der Waals surface area (Å²) in [6.45, 7) is 4.45. The van der Waals surface area contributed by atoms with Crippen LogP contribution in [0.1, 0.15) is 33.5 Å². The van der Waals surface area contributed by atoms with Gasteiger partial charge in [-0.1, -0.05) is 59.7 Å². The van der Waals surface area contributed by atoms with Crippen molar-refractivity contribution in [2.45, 2.75) is 31.6 Å². The molecule has 0 atom stereocenters. The summed E-state index contributed by atoms with van der Waals surface area (Å²) in [5, 5.41) is 2.88. The lowest BCUT2D eigenvalue weighted by Crippen LogP contribution is -2.26. The Morgan fingerprint density at radius 1 is 0.867 bits per heavy atom. The Hall–Kier alpha value is -3.12. The molecule has 0 heterocycles. The zero-order valence-electron chi connectivity index (χ0n) is 17.2. The van der Waals surface area contributed by atoms with Crippen LogP contribution in [0.5, 0.6) is 0 Å². The molecule has 0 fully saturated rings. The van der Waals surface area contributed by atoms with Crippen LogP contribution in [-0.4, -0.2) is 20.9 Å². The van der Waals surface area contributed by atoms with Gasteiger partial charge < -0.3 is 5.32 Å². The number of sulfonamides is 1. The van der Waals surface area contributed by atoms with E-state index < -0.39 is 10.0 Å². The van der Waals surface area contributed by atoms with Crippen LogP contribution in [0.2, 0.25) is 0 Å². The molecule has 2 N–H and O–H groups in total. The van der Waals surface area contributed by atoms with Crippen molar-refractivity contribution in [3.63, 3.8) is 0 Å². The SMILES string of the molecule is Cc1ccc(S(=O)(=O)Nc2ccccc2C(=O)NCCCc2cccc(C)c2)cc1. The van der Waals surface area contributed by atoms with Crippen molar-refractivity contribution in [3.05, 3.63) is 95.1 Å². The summed E-state index contributed by atoms with van der Waals surface area (Å²) in [7, 11) is -3.78. The lowest BCUT2D eigenvalue weighted by molar-refractivity contribution is 0.0954. The van der Waals surface area contributed by atoms with Crippen molar-refractivity contribution in [3.8, 4) is 0 Å². The number of aryl methyl sites for hydroxylation is 3. The van der Waals surface area contributed by atoms with Crippen molar-refractivity contribution >= 4 is 21.6 Å². The quantitative estimate of drug-likeness (QED) is 0.526. The number of hydrogen-bond acceptors (Lipinski definition) is 3. The van der Waals surface area contributed by atoms with Crippen molar-refractivity contribution in [2.24, 2.45) is 0 Å². The number of rotatable bonds is 8. The lowest BCUT2D eigenvalue weighted by atomic mass is 10.1. The number of benzene rings is 3. The smallest absolute Gasteiger partial charge is 0.261 e. The summed E-state index contributed by atoms with van der Waals surface area (Å²) in [6, 6.07) is 21.5. The molecule has 3 aromatic carbocycles. The number of carbonyl (C=O) groups is 1. The predicted octanol–water partition coefficient (Wildman–Crippen LogP) is 4.47. The lowest BCUT2D eigenvalue weighted by Gasteiger charge is -2.13. The average Bonchev–Trinajstić information content (AvgIpc) is 2.71. The molecule has 0 aliphatic carbocycles. The molecule has 30 heavy (non-hydrogen) atoms. The first-order valence-electron chi connectivity index (χ1n) is 9.87. The number of hydrogen-bond donors (Lipinski definition) is 2. The highest BCUT2D eigenvalue weighted by molar-refractivity contribution is 7.92. The molecule has 0 aliphatic rings. The third-order valence-corrected chi connectivity index (χ3v) is 6.14. The van der Waals surface area contributed by atoms with E-state index in [1.807, 2.05) is 13.0 Å². The Kier molecular flexibility index (Phi) is 6.90. The second-order valence-electron chi connectivity index (χ2n) is 7.31. The second kappa shape index (κ2) is 9.59. The fourth-order valence-electron chi connectivity index (χ4n) is 3.15. The van der Waals surface area contributed by atoms with Crippen molar-refractivity contribution in [1.29, 1.82) is 0 Å². The molecule has 0 saturated heterocycles. The standard InChI is InChI=1S/C24H26N2O3S/c1-18-12-14-21(15-13-18)30(28,29)26-23-11-4-3-10-22(23)24(27)25-16-6-9-20-8-5-7-19(2)17-20/h3-5,7-8,10-15,17,26H,6,9,16H2,1-2H3,(H,25,27). The highest BCUT2D eigenvalue weighted by Gasteiger charge is 2.18. The molecule has 0 radical (unpaired) electrons. The van der Waals surface area contributed by atoms with E-state index >= 15 is 0 Å². The number of amides is 1. The Morgan fingerprint density at radius 3 is 2.33 bits per heavy atom. The van der Waals surface area contributed by atoms with Crippen LogP contribution in [0.15, 0.2) is 77.7 Å². The van der Waals surface area contributed by atoms with E-state index in [9.17, 15) is 13.2 Å². The van der Waals surface area contributed by atoms with Crippen molar-refractivity contribution in [1.82, 2.24) is 5.32 Å². The monoisotopic (exact) mass is 422 g/mol. The maximum absolute atomic E-state index is 12.7. The first-order valence-corrected chi connectivity index (χ1v) is 11.4. The van der Waals surface area contributed by atoms with Crippen molar-refractivity contribution in [2.75, 3.05) is 11.3 Å². The van der Waals surface area contributed by atoms with E-state index in [1.54, 1.807) is 48.5 Å². The molecule has 0 spiro atoms. The van der Waals surface area contributed by atoms with Gasteiger partial charge >= 0.3 is 0 Å². The summed E-state index contributed by atoms with van der Waals surface area (Å²) < 4.78 is 27.9. The van der Waals surface area contributed by atoms with Crippen LogP contribution < -0.4 is 10.0 Å². The molecule has 156 valence electrons. The fourth-order valence-corrected chi connectivity index (χ4v) is 4.23. The Morgan fingerprint density at radius 2 is 1.60 bits per heavy atom. The maximum Gasteiger partial charge on any atom is 0.261 e. The van der Waals surface area contributed by atoms with Gasteiger partial charge in [0.25, 0.3) is 15.9 Å². The summed E-state index contributed by atoms with van der Waals surface area (Å²) >= 11 is 0. The molecule has 1 amide bonds. The van der Waals surface area contributed by atoms with E-state index in [0.717, 1.165) is 18.4 Å². The summed E-state index contributed by atoms with van der Waals surface area (Å²) in [4.78, 5) is 12.8. The molecule has 0 aliphatic heterocycles. The molecular formula is C24H26N2O3S. The first kappa shape index (κ1) is 21.6. The van der Waals surface area contributed by atoms with Gasteiger partial charge in [-0.05, 0) is 56.5 Å². The molecule has 6 heteroatoms. The van der Waals surface area contributed by atoms with Gasteiger partial charge in [-0.15, -0.1) is 0 Å². The molecule has 0 saturated carbocycles. The zero-order valence-corrected chi connectivity index (χ0v) is 18.0. The van der Waals surface area contributed by atoms with Gasteiger partial charge in [-0.25, -0.2) is 8.42 Å². The van der Waals surface area contributed by atoms with Crippen LogP contribution in [0.3, 0.4) is 0 Å². The van der Waals surface area contributed by atoms with Gasteiger partial charge in [0.15, 0.2) is 0 Å². The maximum atomic E-state index is 12.7. The van der Waals surface area contributed by atoms with E-state index in [1.165, 1.54) is 11.1 Å². The molecule has 3 rings (SSSR count). The molecule has 3 aromatic rings. The van der Waals surface area contributed by atoms with Crippen LogP contribution in [0, 0.1) is 13.8 Å². The summed E-state index contributed by atoms with van der Waals surface area (Å²) in [5.74, 6) is -0.304. The third-order valence-electron chi connectivity index (χ3n) is 4.76. The average molecular weight is 423 g/mol. The van der Waals surface area contributed by atoms with Gasteiger partial charge in [0.2, 0.25) is 0 Å². The number of anilines is 1. The predicted molar refractivity (Wildman–Crippen MR) is 120 cm³/mol. The zero-order chi connectivity index (χ0) is 21.6. The molecule has 5 nitrogen and oxygen atoms in total. The van der Waals surface area contributed by atoms with Crippen LogP contribution in [0.25, 0.3) is 0 Å². The van der Waals surface area contributed by atoms with Gasteiger partial charge in [0.1, 0.15) is 0 Å². The minimum Gasteiger partial charge on any atom is -0.352 e. The van der Waals surface area contributed by atoms with E-state index in [0.29, 0.717) is 12.1 Å². The Labute approximate surface area is 178 Å². The van der Waals surface area contributed by atoms with Crippen LogP contribution >= 0.6 is 0 Å². The van der Waals surface area contributed by atoms with E-state index in [4.69, 9.17) is 0 Å². The topological polar surface area (TPSA) is 75.3 Å². The molecular weight excluding hydrogens is 396 g/mol. The number of carbonyl (C=O) groups excluding carboxylic acids is 1.